The van der Waals surface area contributed by atoms with Crippen LogP contribution in [-0.4, -0.2) is 71.5 Å². The van der Waals surface area contributed by atoms with Crippen molar-refractivity contribution in [2.75, 3.05) is 19.6 Å². The van der Waals surface area contributed by atoms with Gasteiger partial charge in [-0.1, -0.05) is 35.3 Å². The van der Waals surface area contributed by atoms with Gasteiger partial charge >= 0.3 is 0 Å². The summed E-state index contributed by atoms with van der Waals surface area (Å²) in [5.74, 6) is -2.03. The summed E-state index contributed by atoms with van der Waals surface area (Å²) in [5, 5.41) is 18.7. The lowest BCUT2D eigenvalue weighted by Crippen LogP contribution is -2.56. The first kappa shape index (κ1) is 29.4. The molecule has 9 nitrogen and oxygen atoms in total. The molecule has 11 heteroatoms. The van der Waals surface area contributed by atoms with Crippen molar-refractivity contribution in [1.82, 2.24) is 20.9 Å². The van der Waals surface area contributed by atoms with Crippen LogP contribution in [0.25, 0.3) is 0 Å². The average Bonchev–Trinajstić information content (AvgIpc) is 2.86. The van der Waals surface area contributed by atoms with Gasteiger partial charge in [0.2, 0.25) is 11.8 Å². The first-order chi connectivity index (χ1) is 18.0. The second-order valence-corrected chi connectivity index (χ2v) is 10.3. The summed E-state index contributed by atoms with van der Waals surface area (Å²) < 4.78 is 0. The Labute approximate surface area is 231 Å². The molecule has 0 spiro atoms. The number of carbonyl (C=O) groups is 4. The lowest BCUT2D eigenvalue weighted by molar-refractivity contribution is -0.126. The van der Waals surface area contributed by atoms with Crippen LogP contribution in [0.1, 0.15) is 52.1 Å². The largest absolute Gasteiger partial charge is 0.391 e. The van der Waals surface area contributed by atoms with Crippen molar-refractivity contribution < 1.29 is 24.3 Å². The van der Waals surface area contributed by atoms with E-state index in [1.807, 2.05) is 13.0 Å². The number of fused-ring (bicyclic) bond motifs is 2. The molecule has 0 aliphatic carbocycles. The standard InChI is InChI=1S/C27H32Cl2N4O5/c1-15-9-10-19-12-18(15)6-5-11-30-22(35)14-33(27(38)20-7-4-8-21(28)23(20)29)13-16(2)31-26(37)24(17(3)34)32-25(19)36/h4,7-10,12,16-17,24,34H,5-6,11,13-14H2,1-3H3,(H,30,35)(H,31,37)(H,32,36)/t16-,17-,24+/m1/s1. The number of rotatable bonds is 2. The molecule has 0 radical (unpaired) electrons. The molecule has 0 saturated heterocycles. The fraction of sp³-hybridized carbons (Fsp3) is 0.407. The minimum atomic E-state index is -1.24. The zero-order valence-electron chi connectivity index (χ0n) is 21.5. The maximum Gasteiger partial charge on any atom is 0.255 e. The molecule has 204 valence electrons. The molecule has 38 heavy (non-hydrogen) atoms. The van der Waals surface area contributed by atoms with Crippen molar-refractivity contribution >= 4 is 46.8 Å². The summed E-state index contributed by atoms with van der Waals surface area (Å²) in [6.07, 6.45) is 0.0241. The molecule has 2 aromatic carbocycles. The van der Waals surface area contributed by atoms with Crippen LogP contribution in [0, 0.1) is 6.92 Å². The summed E-state index contributed by atoms with van der Waals surface area (Å²) in [4.78, 5) is 53.4. The number of hydrogen-bond donors (Lipinski definition) is 4. The third-order valence-electron chi connectivity index (χ3n) is 6.29. The van der Waals surface area contributed by atoms with Gasteiger partial charge in [0, 0.05) is 24.7 Å². The first-order valence-corrected chi connectivity index (χ1v) is 13.1. The topological polar surface area (TPSA) is 128 Å². The first-order valence-electron chi connectivity index (χ1n) is 12.4. The number of amides is 4. The molecule has 0 unspecified atom stereocenters. The number of aliphatic hydroxyl groups excluding tert-OH is 1. The predicted octanol–water partition coefficient (Wildman–Crippen LogP) is 2.49. The fourth-order valence-electron chi connectivity index (χ4n) is 4.22. The van der Waals surface area contributed by atoms with E-state index in [-0.39, 0.29) is 34.6 Å². The van der Waals surface area contributed by atoms with Crippen molar-refractivity contribution in [2.24, 2.45) is 0 Å². The Balaban J connectivity index is 1.91. The highest BCUT2D eigenvalue weighted by atomic mass is 35.5. The Morgan fingerprint density at radius 2 is 1.87 bits per heavy atom. The Morgan fingerprint density at radius 1 is 1.13 bits per heavy atom. The molecule has 4 amide bonds. The number of nitrogens with one attached hydrogen (secondary N) is 3. The second-order valence-electron chi connectivity index (χ2n) is 9.48. The van der Waals surface area contributed by atoms with Crippen LogP contribution in [0.3, 0.4) is 0 Å². The second kappa shape index (κ2) is 13.1. The van der Waals surface area contributed by atoms with Crippen LogP contribution in [0.15, 0.2) is 36.4 Å². The summed E-state index contributed by atoms with van der Waals surface area (Å²) in [6, 6.07) is 8.00. The summed E-state index contributed by atoms with van der Waals surface area (Å²) in [7, 11) is 0. The van der Waals surface area contributed by atoms with E-state index < -0.39 is 35.9 Å². The maximum atomic E-state index is 13.4. The number of carbonyl (C=O) groups excluding carboxylic acids is 4. The smallest absolute Gasteiger partial charge is 0.255 e. The molecular formula is C27H32Cl2N4O5. The van der Waals surface area contributed by atoms with E-state index in [9.17, 15) is 24.3 Å². The summed E-state index contributed by atoms with van der Waals surface area (Å²) >= 11 is 12.4. The number of aryl methyl sites for hydroxylation is 2. The lowest BCUT2D eigenvalue weighted by atomic mass is 10.00. The Morgan fingerprint density at radius 3 is 2.58 bits per heavy atom. The van der Waals surface area contributed by atoms with E-state index in [0.717, 1.165) is 11.1 Å². The zero-order valence-corrected chi connectivity index (χ0v) is 23.0. The van der Waals surface area contributed by atoms with Crippen LogP contribution >= 0.6 is 23.2 Å². The molecule has 4 N–H and O–H groups in total. The normalized spacial score (nSPS) is 20.6. The van der Waals surface area contributed by atoms with Gasteiger partial charge in [0.1, 0.15) is 6.04 Å². The number of hydrogen-bond acceptors (Lipinski definition) is 5. The molecule has 0 aromatic heterocycles. The number of benzene rings is 2. The quantitative estimate of drug-likeness (QED) is 0.447. The lowest BCUT2D eigenvalue weighted by Gasteiger charge is -2.28. The van der Waals surface area contributed by atoms with E-state index in [4.69, 9.17) is 23.2 Å². The minimum Gasteiger partial charge on any atom is -0.391 e. The maximum absolute atomic E-state index is 13.4. The van der Waals surface area contributed by atoms with Crippen molar-refractivity contribution in [3.05, 3.63) is 68.7 Å². The zero-order chi connectivity index (χ0) is 28.0. The molecule has 2 aromatic rings. The average molecular weight is 563 g/mol. The number of halogens is 2. The van der Waals surface area contributed by atoms with Gasteiger partial charge in [-0.2, -0.15) is 0 Å². The molecule has 0 fully saturated rings. The molecule has 3 atom stereocenters. The highest BCUT2D eigenvalue weighted by Gasteiger charge is 2.29. The molecule has 1 heterocycles. The van der Waals surface area contributed by atoms with Crippen LogP contribution in [0.5, 0.6) is 0 Å². The fourth-order valence-corrected chi connectivity index (χ4v) is 4.60. The van der Waals surface area contributed by atoms with Gasteiger partial charge in [0.05, 0.1) is 28.3 Å². The van der Waals surface area contributed by atoms with Gasteiger partial charge in [0.25, 0.3) is 11.8 Å². The third kappa shape index (κ3) is 7.46. The van der Waals surface area contributed by atoms with Gasteiger partial charge in [-0.25, -0.2) is 0 Å². The van der Waals surface area contributed by atoms with Crippen LogP contribution in [-0.2, 0) is 16.0 Å². The van der Waals surface area contributed by atoms with Gasteiger partial charge in [-0.3, -0.25) is 19.2 Å². The Hall–Kier alpha value is -3.14. The van der Waals surface area contributed by atoms with E-state index in [1.54, 1.807) is 31.2 Å². The van der Waals surface area contributed by atoms with Crippen molar-refractivity contribution in [2.45, 2.75) is 51.8 Å². The molecule has 0 saturated carbocycles. The van der Waals surface area contributed by atoms with Crippen LogP contribution in [0.4, 0.5) is 0 Å². The van der Waals surface area contributed by atoms with Crippen molar-refractivity contribution in [3.8, 4) is 0 Å². The molecule has 1 aliphatic rings. The summed E-state index contributed by atoms with van der Waals surface area (Å²) in [6.45, 7) is 5.03. The van der Waals surface area contributed by atoms with E-state index in [0.29, 0.717) is 24.9 Å². The number of nitrogens with zero attached hydrogens (tertiary/aromatic N) is 1. The predicted molar refractivity (Wildman–Crippen MR) is 145 cm³/mol. The molecule has 1 aliphatic heterocycles. The summed E-state index contributed by atoms with van der Waals surface area (Å²) in [5.41, 5.74) is 2.40. The van der Waals surface area contributed by atoms with E-state index in [2.05, 4.69) is 16.0 Å². The van der Waals surface area contributed by atoms with Gasteiger partial charge in [-0.05, 0) is 69.0 Å². The molecule has 2 bridgehead atoms. The van der Waals surface area contributed by atoms with Gasteiger partial charge in [-0.15, -0.1) is 0 Å². The highest BCUT2D eigenvalue weighted by molar-refractivity contribution is 6.43. The van der Waals surface area contributed by atoms with Crippen molar-refractivity contribution in [1.29, 1.82) is 0 Å². The van der Waals surface area contributed by atoms with E-state index in [1.165, 1.54) is 17.9 Å². The SMILES string of the molecule is Cc1ccc2cc1CCCNC(=O)CN(C(=O)c1cccc(Cl)c1Cl)C[C@@H](C)NC(=O)[C@H]([C@@H](C)O)NC2=O. The van der Waals surface area contributed by atoms with Gasteiger partial charge in [0.15, 0.2) is 0 Å². The van der Waals surface area contributed by atoms with Crippen LogP contribution in [0.2, 0.25) is 10.0 Å². The Bertz CT molecular complexity index is 1220. The van der Waals surface area contributed by atoms with Gasteiger partial charge < -0.3 is 26.0 Å². The monoisotopic (exact) mass is 562 g/mol. The number of aliphatic hydroxyl groups is 1. The molecule has 3 rings (SSSR count). The van der Waals surface area contributed by atoms with Crippen LogP contribution < -0.4 is 16.0 Å². The minimum absolute atomic E-state index is 0.0404. The van der Waals surface area contributed by atoms with E-state index >= 15 is 0 Å². The molecular weight excluding hydrogens is 531 g/mol. The third-order valence-corrected chi connectivity index (χ3v) is 7.11. The Kier molecular flexibility index (Phi) is 10.1. The highest BCUT2D eigenvalue weighted by Crippen LogP contribution is 2.26. The van der Waals surface area contributed by atoms with Crippen molar-refractivity contribution in [3.63, 3.8) is 0 Å².